The van der Waals surface area contributed by atoms with E-state index in [1.165, 1.54) is 32.1 Å². The average molecular weight is 336 g/mol. The Kier molecular flexibility index (Phi) is 7.80. The zero-order valence-electron chi connectivity index (χ0n) is 14.3. The van der Waals surface area contributed by atoms with E-state index in [1.807, 2.05) is 43.0 Å². The molecule has 1 amide bonds. The fourth-order valence-electron chi connectivity index (χ4n) is 2.93. The van der Waals surface area contributed by atoms with Gasteiger partial charge in [0, 0.05) is 17.5 Å². The van der Waals surface area contributed by atoms with Crippen molar-refractivity contribution in [1.82, 2.24) is 5.32 Å². The van der Waals surface area contributed by atoms with Crippen molar-refractivity contribution < 1.29 is 9.53 Å². The highest BCUT2D eigenvalue weighted by Crippen LogP contribution is 2.27. The molecule has 4 heteroatoms. The van der Waals surface area contributed by atoms with E-state index in [0.717, 1.165) is 35.3 Å². The number of thioether (sulfide) groups is 1. The lowest BCUT2D eigenvalue weighted by atomic mass is 10.0. The summed E-state index contributed by atoms with van der Waals surface area (Å²) in [7, 11) is 0. The second-order valence-electron chi connectivity index (χ2n) is 6.14. The van der Waals surface area contributed by atoms with Gasteiger partial charge in [0.2, 0.25) is 0 Å². The molecular formula is C19H29NO2S. The van der Waals surface area contributed by atoms with E-state index in [4.69, 9.17) is 4.74 Å². The van der Waals surface area contributed by atoms with E-state index < -0.39 is 6.10 Å². The van der Waals surface area contributed by atoms with Crippen molar-refractivity contribution in [2.45, 2.75) is 63.7 Å². The molecule has 0 heterocycles. The van der Waals surface area contributed by atoms with Crippen molar-refractivity contribution in [3.63, 3.8) is 0 Å². The predicted molar refractivity (Wildman–Crippen MR) is 98.3 cm³/mol. The van der Waals surface area contributed by atoms with Crippen molar-refractivity contribution >= 4 is 17.7 Å². The molecule has 1 aliphatic carbocycles. The van der Waals surface area contributed by atoms with E-state index in [0.29, 0.717) is 0 Å². The first kappa shape index (κ1) is 18.2. The maximum Gasteiger partial charge on any atom is 0.260 e. The minimum Gasteiger partial charge on any atom is -0.481 e. The van der Waals surface area contributed by atoms with Gasteiger partial charge in [-0.3, -0.25) is 4.79 Å². The van der Waals surface area contributed by atoms with Crippen LogP contribution in [-0.2, 0) is 11.2 Å². The molecule has 1 aliphatic rings. The Hall–Kier alpha value is -1.16. The van der Waals surface area contributed by atoms with Crippen LogP contribution in [0, 0.1) is 0 Å². The molecule has 0 spiro atoms. The first-order valence-electron chi connectivity index (χ1n) is 8.84. The van der Waals surface area contributed by atoms with Crippen LogP contribution in [0.2, 0.25) is 0 Å². The van der Waals surface area contributed by atoms with Gasteiger partial charge in [-0.25, -0.2) is 0 Å². The molecule has 3 nitrogen and oxygen atoms in total. The molecule has 0 bridgehead atoms. The molecule has 1 N–H and O–H groups in total. The number of rotatable bonds is 8. The molecule has 0 aromatic heterocycles. The maximum absolute atomic E-state index is 12.2. The Morgan fingerprint density at radius 2 is 2.04 bits per heavy atom. The third kappa shape index (κ3) is 6.09. The summed E-state index contributed by atoms with van der Waals surface area (Å²) in [4.78, 5) is 12.2. The standard InChI is InChI=1S/C19H29NO2S/c1-3-16-9-7-8-12-18(16)22-15(2)19(21)20-13-14-23-17-10-5-4-6-11-17/h7-9,12,15,17H,3-6,10-11,13-14H2,1-2H3,(H,20,21)/t15-/m1/s1. The van der Waals surface area contributed by atoms with E-state index in [9.17, 15) is 4.79 Å². The van der Waals surface area contributed by atoms with Crippen molar-refractivity contribution in [3.8, 4) is 5.75 Å². The molecule has 1 saturated carbocycles. The summed E-state index contributed by atoms with van der Waals surface area (Å²) in [6, 6.07) is 7.92. The highest BCUT2D eigenvalue weighted by molar-refractivity contribution is 7.99. The molecule has 2 rings (SSSR count). The molecule has 0 radical (unpaired) electrons. The number of para-hydroxylation sites is 1. The van der Waals surface area contributed by atoms with Gasteiger partial charge in [0.15, 0.2) is 6.10 Å². The largest absolute Gasteiger partial charge is 0.481 e. The molecule has 0 unspecified atom stereocenters. The van der Waals surface area contributed by atoms with Gasteiger partial charge in [0.1, 0.15) is 5.75 Å². The molecular weight excluding hydrogens is 306 g/mol. The van der Waals surface area contributed by atoms with E-state index >= 15 is 0 Å². The normalized spacial score (nSPS) is 16.8. The molecule has 0 aliphatic heterocycles. The van der Waals surface area contributed by atoms with E-state index in [-0.39, 0.29) is 5.91 Å². The highest BCUT2D eigenvalue weighted by atomic mass is 32.2. The van der Waals surface area contributed by atoms with Crippen molar-refractivity contribution in [2.24, 2.45) is 0 Å². The number of amides is 1. The first-order chi connectivity index (χ1) is 11.2. The number of ether oxygens (including phenoxy) is 1. The molecule has 1 aromatic rings. The zero-order chi connectivity index (χ0) is 16.5. The fraction of sp³-hybridized carbons (Fsp3) is 0.632. The van der Waals surface area contributed by atoms with Crippen LogP contribution in [0.5, 0.6) is 5.75 Å². The van der Waals surface area contributed by atoms with Crippen LogP contribution in [0.1, 0.15) is 51.5 Å². The lowest BCUT2D eigenvalue weighted by Gasteiger charge is -2.21. The van der Waals surface area contributed by atoms with Crippen LogP contribution >= 0.6 is 11.8 Å². The summed E-state index contributed by atoms with van der Waals surface area (Å²) < 4.78 is 5.83. The van der Waals surface area contributed by atoms with Crippen LogP contribution in [0.3, 0.4) is 0 Å². The van der Waals surface area contributed by atoms with Gasteiger partial charge in [0.25, 0.3) is 5.91 Å². The Morgan fingerprint density at radius 3 is 2.78 bits per heavy atom. The first-order valence-corrected chi connectivity index (χ1v) is 9.89. The summed E-state index contributed by atoms with van der Waals surface area (Å²) in [6.07, 6.45) is 7.25. The van der Waals surface area contributed by atoms with Crippen LogP contribution in [0.25, 0.3) is 0 Å². The number of aryl methyl sites for hydroxylation is 1. The summed E-state index contributed by atoms with van der Waals surface area (Å²) in [5.74, 6) is 1.78. The molecule has 1 atom stereocenters. The van der Waals surface area contributed by atoms with Crippen molar-refractivity contribution in [2.75, 3.05) is 12.3 Å². The quantitative estimate of drug-likeness (QED) is 0.724. The van der Waals surface area contributed by atoms with E-state index in [2.05, 4.69) is 12.2 Å². The van der Waals surface area contributed by atoms with Gasteiger partial charge in [-0.05, 0) is 37.8 Å². The molecule has 23 heavy (non-hydrogen) atoms. The minimum absolute atomic E-state index is 0.0276. The van der Waals surface area contributed by atoms with Gasteiger partial charge in [-0.1, -0.05) is 44.4 Å². The Labute approximate surface area is 144 Å². The van der Waals surface area contributed by atoms with Crippen LogP contribution in [0.4, 0.5) is 0 Å². The summed E-state index contributed by atoms with van der Waals surface area (Å²) >= 11 is 2.01. The molecule has 1 aromatic carbocycles. The number of benzene rings is 1. The predicted octanol–water partition coefficient (Wildman–Crippen LogP) is 4.20. The molecule has 0 saturated heterocycles. The number of hydrogen-bond donors (Lipinski definition) is 1. The van der Waals surface area contributed by atoms with Gasteiger partial charge in [-0.15, -0.1) is 0 Å². The Bertz CT molecular complexity index is 486. The number of hydrogen-bond acceptors (Lipinski definition) is 3. The monoisotopic (exact) mass is 335 g/mol. The Morgan fingerprint density at radius 1 is 1.30 bits per heavy atom. The number of nitrogens with one attached hydrogen (secondary N) is 1. The van der Waals surface area contributed by atoms with Gasteiger partial charge >= 0.3 is 0 Å². The number of carbonyl (C=O) groups excluding carboxylic acids is 1. The lowest BCUT2D eigenvalue weighted by molar-refractivity contribution is -0.127. The van der Waals surface area contributed by atoms with E-state index in [1.54, 1.807) is 0 Å². The Balaban J connectivity index is 1.68. The van der Waals surface area contributed by atoms with Crippen molar-refractivity contribution in [3.05, 3.63) is 29.8 Å². The third-order valence-electron chi connectivity index (χ3n) is 4.33. The molecule has 1 fully saturated rings. The summed E-state index contributed by atoms with van der Waals surface area (Å²) in [5, 5.41) is 3.79. The van der Waals surface area contributed by atoms with Gasteiger partial charge < -0.3 is 10.1 Å². The van der Waals surface area contributed by atoms with Crippen molar-refractivity contribution in [1.29, 1.82) is 0 Å². The lowest BCUT2D eigenvalue weighted by Crippen LogP contribution is -2.37. The highest BCUT2D eigenvalue weighted by Gasteiger charge is 2.16. The minimum atomic E-state index is -0.456. The topological polar surface area (TPSA) is 38.3 Å². The van der Waals surface area contributed by atoms with Crippen LogP contribution in [-0.4, -0.2) is 29.6 Å². The second-order valence-corrected chi connectivity index (χ2v) is 7.55. The van der Waals surface area contributed by atoms with Crippen LogP contribution < -0.4 is 10.1 Å². The number of carbonyl (C=O) groups is 1. The van der Waals surface area contributed by atoms with Gasteiger partial charge in [-0.2, -0.15) is 11.8 Å². The molecule has 128 valence electrons. The fourth-order valence-corrected chi connectivity index (χ4v) is 4.15. The SMILES string of the molecule is CCc1ccccc1O[C@H](C)C(=O)NCCSC1CCCCC1. The van der Waals surface area contributed by atoms with Crippen LogP contribution in [0.15, 0.2) is 24.3 Å². The smallest absolute Gasteiger partial charge is 0.260 e. The van der Waals surface area contributed by atoms with Gasteiger partial charge in [0.05, 0.1) is 0 Å². The average Bonchev–Trinajstić information content (AvgIpc) is 2.60. The second kappa shape index (κ2) is 9.86. The zero-order valence-corrected chi connectivity index (χ0v) is 15.2. The maximum atomic E-state index is 12.2. The summed E-state index contributed by atoms with van der Waals surface area (Å²) in [6.45, 7) is 4.63. The summed E-state index contributed by atoms with van der Waals surface area (Å²) in [5.41, 5.74) is 1.14. The third-order valence-corrected chi connectivity index (χ3v) is 5.72.